The fourth-order valence-corrected chi connectivity index (χ4v) is 6.64. The molecule has 0 spiro atoms. The van der Waals surface area contributed by atoms with E-state index in [4.69, 9.17) is 15.0 Å². The molecule has 0 N–H and O–H groups in total. The number of hydrogen-bond acceptors (Lipinski definition) is 5. The maximum absolute atomic E-state index is 5.22. The van der Waals surface area contributed by atoms with Crippen LogP contribution in [0.3, 0.4) is 0 Å². The van der Waals surface area contributed by atoms with Gasteiger partial charge in [0.15, 0.2) is 0 Å². The average molecular weight is 602 g/mol. The van der Waals surface area contributed by atoms with Gasteiger partial charge in [0.25, 0.3) is 0 Å². The van der Waals surface area contributed by atoms with Crippen molar-refractivity contribution in [3.63, 3.8) is 0 Å². The number of hydrogen-bond donors (Lipinski definition) is 0. The SMILES string of the molecule is C=C1CC=CC=C1c1cc(-c2ccc(-c3nc4cnc5c(ccc6cccnc65)c4c4ccccc34)cc2)cc(-c2ccccn2)n1. The summed E-state index contributed by atoms with van der Waals surface area (Å²) < 4.78 is 0. The van der Waals surface area contributed by atoms with Gasteiger partial charge in [-0.25, -0.2) is 9.97 Å². The lowest BCUT2D eigenvalue weighted by Crippen LogP contribution is -1.98. The number of benzene rings is 3. The van der Waals surface area contributed by atoms with Gasteiger partial charge in [0.1, 0.15) is 0 Å². The van der Waals surface area contributed by atoms with Crippen LogP contribution in [-0.2, 0) is 0 Å². The molecule has 0 atom stereocenters. The Balaban J connectivity index is 1.18. The number of allylic oxidation sites excluding steroid dienone is 5. The van der Waals surface area contributed by atoms with Crippen molar-refractivity contribution in [2.75, 3.05) is 0 Å². The molecule has 0 saturated carbocycles. The summed E-state index contributed by atoms with van der Waals surface area (Å²) in [6.45, 7) is 4.31. The molecule has 1 aliphatic carbocycles. The smallest absolute Gasteiger partial charge is 0.0972 e. The van der Waals surface area contributed by atoms with Gasteiger partial charge >= 0.3 is 0 Å². The number of aromatic nitrogens is 5. The Morgan fingerprint density at radius 1 is 0.574 bits per heavy atom. The van der Waals surface area contributed by atoms with Crippen molar-refractivity contribution in [1.82, 2.24) is 24.9 Å². The van der Waals surface area contributed by atoms with E-state index in [1.807, 2.05) is 36.7 Å². The van der Waals surface area contributed by atoms with E-state index in [0.29, 0.717) is 0 Å². The first-order chi connectivity index (χ1) is 23.2. The second-order valence-electron chi connectivity index (χ2n) is 11.8. The highest BCUT2D eigenvalue weighted by Gasteiger charge is 2.17. The van der Waals surface area contributed by atoms with Gasteiger partial charge in [-0.15, -0.1) is 0 Å². The van der Waals surface area contributed by atoms with E-state index in [1.165, 1.54) is 0 Å². The molecule has 0 aliphatic heterocycles. The van der Waals surface area contributed by atoms with Crippen molar-refractivity contribution >= 4 is 49.1 Å². The van der Waals surface area contributed by atoms with Crippen LogP contribution in [0, 0.1) is 0 Å². The Labute approximate surface area is 271 Å². The molecule has 0 saturated heterocycles. The van der Waals surface area contributed by atoms with E-state index in [2.05, 4.69) is 114 Å². The highest BCUT2D eigenvalue weighted by atomic mass is 14.8. The largest absolute Gasteiger partial charge is 0.255 e. The molecule has 220 valence electrons. The second-order valence-corrected chi connectivity index (χ2v) is 11.8. The molecule has 0 bridgehead atoms. The molecule has 0 unspecified atom stereocenters. The molecule has 5 heterocycles. The van der Waals surface area contributed by atoms with Gasteiger partial charge in [-0.3, -0.25) is 15.0 Å². The summed E-state index contributed by atoms with van der Waals surface area (Å²) in [6.07, 6.45) is 12.6. The van der Waals surface area contributed by atoms with Crippen molar-refractivity contribution in [3.8, 4) is 33.8 Å². The number of pyridine rings is 5. The van der Waals surface area contributed by atoms with E-state index in [0.717, 1.165) is 101 Å². The average Bonchev–Trinajstić information content (AvgIpc) is 3.14. The van der Waals surface area contributed by atoms with Crippen molar-refractivity contribution in [2.45, 2.75) is 6.42 Å². The third kappa shape index (κ3) is 4.60. The van der Waals surface area contributed by atoms with Gasteiger partial charge in [0, 0.05) is 45.1 Å². The Bertz CT molecular complexity index is 2600. The lowest BCUT2D eigenvalue weighted by atomic mass is 9.93. The van der Waals surface area contributed by atoms with E-state index in [-0.39, 0.29) is 0 Å². The van der Waals surface area contributed by atoms with Crippen LogP contribution in [-0.4, -0.2) is 24.9 Å². The predicted octanol–water partition coefficient (Wildman–Crippen LogP) is 10.2. The molecule has 0 radical (unpaired) electrons. The van der Waals surface area contributed by atoms with Crippen LogP contribution < -0.4 is 0 Å². The number of rotatable bonds is 4. The summed E-state index contributed by atoms with van der Waals surface area (Å²) in [5.74, 6) is 0. The lowest BCUT2D eigenvalue weighted by molar-refractivity contribution is 1.20. The first-order valence-corrected chi connectivity index (χ1v) is 15.7. The summed E-state index contributed by atoms with van der Waals surface area (Å²) in [4.78, 5) is 24.4. The van der Waals surface area contributed by atoms with Crippen LogP contribution in [0.1, 0.15) is 12.1 Å². The predicted molar refractivity (Wildman–Crippen MR) is 193 cm³/mol. The van der Waals surface area contributed by atoms with E-state index in [9.17, 15) is 0 Å². The second kappa shape index (κ2) is 10.9. The maximum Gasteiger partial charge on any atom is 0.0972 e. The van der Waals surface area contributed by atoms with Gasteiger partial charge in [-0.05, 0) is 58.8 Å². The molecule has 0 fully saturated rings. The standard InChI is InChI=1S/C42H27N5/c1-26-9-2-3-11-31(26)36-23-30(24-37(46-36)35-14-6-7-21-43-35)27-15-17-29(18-16-27)40-33-13-5-4-12-32(33)39-34-20-19-28-10-8-22-44-41(28)42(34)45-25-38(39)47-40/h2-8,10-25H,1,9H2. The van der Waals surface area contributed by atoms with Gasteiger partial charge in [-0.2, -0.15) is 0 Å². The molecule has 0 amide bonds. The van der Waals surface area contributed by atoms with Crippen molar-refractivity contribution in [1.29, 1.82) is 0 Å². The summed E-state index contributed by atoms with van der Waals surface area (Å²) in [6, 6.07) is 35.6. The zero-order valence-electron chi connectivity index (χ0n) is 25.4. The summed E-state index contributed by atoms with van der Waals surface area (Å²) in [5.41, 5.74) is 11.5. The zero-order valence-corrected chi connectivity index (χ0v) is 25.4. The van der Waals surface area contributed by atoms with Crippen LogP contribution in [0.15, 0.2) is 152 Å². The molecule has 3 aromatic carbocycles. The first kappa shape index (κ1) is 27.0. The molecular weight excluding hydrogens is 574 g/mol. The van der Waals surface area contributed by atoms with Gasteiger partial charge < -0.3 is 0 Å². The molecular formula is C42H27N5. The topological polar surface area (TPSA) is 64.5 Å². The molecule has 5 nitrogen and oxygen atoms in total. The molecule has 5 aromatic heterocycles. The maximum atomic E-state index is 5.22. The van der Waals surface area contributed by atoms with Crippen LogP contribution >= 0.6 is 0 Å². The van der Waals surface area contributed by atoms with Crippen LogP contribution in [0.25, 0.3) is 82.8 Å². The van der Waals surface area contributed by atoms with Gasteiger partial charge in [0.05, 0.1) is 45.5 Å². The Hall–Kier alpha value is -6.33. The molecule has 1 aliphatic rings. The lowest BCUT2D eigenvalue weighted by Gasteiger charge is -2.15. The summed E-state index contributed by atoms with van der Waals surface area (Å²) in [5, 5.41) is 5.47. The summed E-state index contributed by atoms with van der Waals surface area (Å²) >= 11 is 0. The highest BCUT2D eigenvalue weighted by molar-refractivity contribution is 6.23. The molecule has 9 rings (SSSR count). The number of nitrogens with zero attached hydrogens (tertiary/aromatic N) is 5. The molecule has 8 aromatic rings. The minimum atomic E-state index is 0.816. The van der Waals surface area contributed by atoms with E-state index >= 15 is 0 Å². The quantitative estimate of drug-likeness (QED) is 0.188. The van der Waals surface area contributed by atoms with Gasteiger partial charge in [0.2, 0.25) is 0 Å². The first-order valence-electron chi connectivity index (χ1n) is 15.7. The highest BCUT2D eigenvalue weighted by Crippen LogP contribution is 2.38. The minimum absolute atomic E-state index is 0.816. The normalized spacial score (nSPS) is 13.1. The van der Waals surface area contributed by atoms with Crippen molar-refractivity contribution < 1.29 is 0 Å². The fourth-order valence-electron chi connectivity index (χ4n) is 6.64. The van der Waals surface area contributed by atoms with Crippen LogP contribution in [0.2, 0.25) is 0 Å². The van der Waals surface area contributed by atoms with Gasteiger partial charge in [-0.1, -0.05) is 97.6 Å². The number of fused-ring (bicyclic) bond motifs is 7. The summed E-state index contributed by atoms with van der Waals surface area (Å²) in [7, 11) is 0. The van der Waals surface area contributed by atoms with Crippen LogP contribution in [0.5, 0.6) is 0 Å². The van der Waals surface area contributed by atoms with E-state index in [1.54, 1.807) is 6.20 Å². The Morgan fingerprint density at radius 3 is 2.23 bits per heavy atom. The Morgan fingerprint density at radius 2 is 1.38 bits per heavy atom. The monoisotopic (exact) mass is 601 g/mol. The van der Waals surface area contributed by atoms with Crippen LogP contribution in [0.4, 0.5) is 0 Å². The van der Waals surface area contributed by atoms with E-state index < -0.39 is 0 Å². The fraction of sp³-hybridized carbons (Fsp3) is 0.0238. The van der Waals surface area contributed by atoms with Crippen molar-refractivity contribution in [3.05, 3.63) is 158 Å². The zero-order chi connectivity index (χ0) is 31.3. The molecule has 47 heavy (non-hydrogen) atoms. The third-order valence-electron chi connectivity index (χ3n) is 8.94. The van der Waals surface area contributed by atoms with Crippen molar-refractivity contribution in [2.24, 2.45) is 0 Å². The molecule has 5 heteroatoms. The third-order valence-corrected chi connectivity index (χ3v) is 8.94. The minimum Gasteiger partial charge on any atom is -0.255 e. The Kier molecular flexibility index (Phi) is 6.28.